The zero-order valence-corrected chi connectivity index (χ0v) is 10.9. The molecule has 0 aliphatic heterocycles. The van der Waals surface area contributed by atoms with Gasteiger partial charge in [-0.25, -0.2) is 4.68 Å². The summed E-state index contributed by atoms with van der Waals surface area (Å²) in [4.78, 5) is 0. The van der Waals surface area contributed by atoms with E-state index in [1.807, 2.05) is 12.4 Å². The van der Waals surface area contributed by atoms with E-state index in [9.17, 15) is 0 Å². The van der Waals surface area contributed by atoms with Crippen molar-refractivity contribution in [1.29, 1.82) is 0 Å². The highest BCUT2D eigenvalue weighted by Gasteiger charge is 2.26. The third-order valence-electron chi connectivity index (χ3n) is 3.78. The zero-order chi connectivity index (χ0) is 12.3. The van der Waals surface area contributed by atoms with Gasteiger partial charge in [0.2, 0.25) is 0 Å². The predicted molar refractivity (Wildman–Crippen MR) is 71.5 cm³/mol. The van der Waals surface area contributed by atoms with Crippen LogP contribution in [0.3, 0.4) is 0 Å². The van der Waals surface area contributed by atoms with Crippen LogP contribution in [0.5, 0.6) is 0 Å². The summed E-state index contributed by atoms with van der Waals surface area (Å²) in [6, 6.07) is 0.676. The summed E-state index contributed by atoms with van der Waals surface area (Å²) in [6.07, 6.45) is 10.9. The van der Waals surface area contributed by atoms with E-state index in [0.29, 0.717) is 11.5 Å². The minimum absolute atomic E-state index is 0.548. The van der Waals surface area contributed by atoms with Gasteiger partial charge in [-0.3, -0.25) is 0 Å². The van der Waals surface area contributed by atoms with E-state index < -0.39 is 0 Å². The minimum atomic E-state index is 0.548. The number of hydrogen-bond donors (Lipinski definition) is 1. The Hall–Kier alpha value is -1.09. The third kappa shape index (κ3) is 3.43. The molecule has 0 radical (unpaired) electrons. The van der Waals surface area contributed by atoms with Crippen LogP contribution in [0.25, 0.3) is 6.20 Å². The van der Waals surface area contributed by atoms with E-state index in [1.165, 1.54) is 31.2 Å². The number of nitrogens with zero attached hydrogens (tertiary/aromatic N) is 2. The molecule has 0 unspecified atom stereocenters. The van der Waals surface area contributed by atoms with Crippen LogP contribution < -0.4 is 5.32 Å². The molecule has 1 N–H and O–H groups in total. The van der Waals surface area contributed by atoms with Crippen LogP contribution in [-0.2, 0) is 6.54 Å². The fourth-order valence-corrected chi connectivity index (χ4v) is 2.43. The van der Waals surface area contributed by atoms with Crippen LogP contribution >= 0.6 is 0 Å². The second kappa shape index (κ2) is 5.05. The third-order valence-corrected chi connectivity index (χ3v) is 3.78. The fourth-order valence-electron chi connectivity index (χ4n) is 2.43. The van der Waals surface area contributed by atoms with Crippen molar-refractivity contribution in [2.45, 2.75) is 52.1 Å². The molecule has 1 aromatic heterocycles. The van der Waals surface area contributed by atoms with Crippen molar-refractivity contribution in [2.75, 3.05) is 0 Å². The van der Waals surface area contributed by atoms with Crippen molar-refractivity contribution in [3.63, 3.8) is 0 Å². The molecule has 1 aromatic rings. The van der Waals surface area contributed by atoms with Gasteiger partial charge in [-0.15, -0.1) is 0 Å². The maximum Gasteiger partial charge on any atom is 0.0538 e. The first-order chi connectivity index (χ1) is 8.09. The molecule has 1 saturated carbocycles. The first-order valence-corrected chi connectivity index (χ1v) is 6.48. The molecule has 17 heavy (non-hydrogen) atoms. The molecule has 0 atom stereocenters. The molecule has 1 aliphatic carbocycles. The summed E-state index contributed by atoms with van der Waals surface area (Å²) < 4.78 is 1.75. The van der Waals surface area contributed by atoms with Crippen molar-refractivity contribution in [2.24, 2.45) is 5.41 Å². The topological polar surface area (TPSA) is 29.9 Å². The highest BCUT2D eigenvalue weighted by molar-refractivity contribution is 5.17. The molecule has 2 rings (SSSR count). The van der Waals surface area contributed by atoms with Gasteiger partial charge in [0, 0.05) is 30.5 Å². The standard InChI is InChI=1S/C14H23N3/c1-4-17-11-12(10-16-17)9-15-13-5-7-14(2,3)8-6-13/h4,10-11,13,15H,1,5-9H2,2-3H3. The first-order valence-electron chi connectivity index (χ1n) is 6.48. The monoisotopic (exact) mass is 233 g/mol. The normalized spacial score (nSPS) is 20.4. The Balaban J connectivity index is 1.77. The van der Waals surface area contributed by atoms with Crippen molar-refractivity contribution >= 4 is 6.20 Å². The van der Waals surface area contributed by atoms with Gasteiger partial charge in [0.25, 0.3) is 0 Å². The number of aromatic nitrogens is 2. The number of hydrogen-bond acceptors (Lipinski definition) is 2. The summed E-state index contributed by atoms with van der Waals surface area (Å²) in [7, 11) is 0. The highest BCUT2D eigenvalue weighted by Crippen LogP contribution is 2.34. The van der Waals surface area contributed by atoms with Gasteiger partial charge in [-0.2, -0.15) is 5.10 Å². The van der Waals surface area contributed by atoms with Gasteiger partial charge in [-0.05, 0) is 31.1 Å². The van der Waals surface area contributed by atoms with E-state index in [0.717, 1.165) is 6.54 Å². The van der Waals surface area contributed by atoms with Crippen LogP contribution in [0, 0.1) is 5.41 Å². The molecule has 0 aromatic carbocycles. The van der Waals surface area contributed by atoms with Gasteiger partial charge in [0.1, 0.15) is 0 Å². The SMILES string of the molecule is C=Cn1cc(CNC2CCC(C)(C)CC2)cn1. The molecule has 1 aliphatic rings. The lowest BCUT2D eigenvalue weighted by Crippen LogP contribution is -2.35. The lowest BCUT2D eigenvalue weighted by Gasteiger charge is -2.34. The van der Waals surface area contributed by atoms with Crippen LogP contribution in [0.4, 0.5) is 0 Å². The van der Waals surface area contributed by atoms with Crippen molar-refractivity contribution in [1.82, 2.24) is 15.1 Å². The van der Waals surface area contributed by atoms with E-state index in [1.54, 1.807) is 10.9 Å². The first kappa shape index (κ1) is 12.4. The second-order valence-corrected chi connectivity index (χ2v) is 5.83. The highest BCUT2D eigenvalue weighted by atomic mass is 15.2. The summed E-state index contributed by atoms with van der Waals surface area (Å²) in [5.41, 5.74) is 1.78. The summed E-state index contributed by atoms with van der Waals surface area (Å²) in [5, 5.41) is 7.81. The van der Waals surface area contributed by atoms with E-state index >= 15 is 0 Å². The average molecular weight is 233 g/mol. The smallest absolute Gasteiger partial charge is 0.0538 e. The van der Waals surface area contributed by atoms with E-state index in [2.05, 4.69) is 30.8 Å². The number of nitrogens with one attached hydrogen (secondary N) is 1. The quantitative estimate of drug-likeness (QED) is 0.866. The molecule has 0 saturated heterocycles. The van der Waals surface area contributed by atoms with Gasteiger partial charge in [0.05, 0.1) is 6.20 Å². The lowest BCUT2D eigenvalue weighted by atomic mass is 9.75. The maximum atomic E-state index is 4.18. The van der Waals surface area contributed by atoms with Crippen molar-refractivity contribution in [3.05, 3.63) is 24.5 Å². The maximum absolute atomic E-state index is 4.18. The Kier molecular flexibility index (Phi) is 3.67. The van der Waals surface area contributed by atoms with Crippen molar-refractivity contribution in [3.8, 4) is 0 Å². The van der Waals surface area contributed by atoms with Crippen LogP contribution in [0.2, 0.25) is 0 Å². The summed E-state index contributed by atoms with van der Waals surface area (Å²) in [5.74, 6) is 0. The molecule has 0 bridgehead atoms. The van der Waals surface area contributed by atoms with E-state index in [-0.39, 0.29) is 0 Å². The second-order valence-electron chi connectivity index (χ2n) is 5.83. The largest absolute Gasteiger partial charge is 0.310 e. The Morgan fingerprint density at radius 1 is 1.53 bits per heavy atom. The van der Waals surface area contributed by atoms with Gasteiger partial charge in [-0.1, -0.05) is 20.4 Å². The molecular formula is C14H23N3. The Morgan fingerprint density at radius 2 is 2.24 bits per heavy atom. The number of rotatable bonds is 4. The Bertz CT molecular complexity index is 369. The average Bonchev–Trinajstić information content (AvgIpc) is 2.75. The Morgan fingerprint density at radius 3 is 2.82 bits per heavy atom. The molecule has 1 fully saturated rings. The van der Waals surface area contributed by atoms with Crippen LogP contribution in [0.15, 0.2) is 19.0 Å². The summed E-state index contributed by atoms with van der Waals surface area (Å²) >= 11 is 0. The molecular weight excluding hydrogens is 210 g/mol. The van der Waals surface area contributed by atoms with Crippen molar-refractivity contribution < 1.29 is 0 Å². The molecule has 0 amide bonds. The van der Waals surface area contributed by atoms with Gasteiger partial charge < -0.3 is 5.32 Å². The van der Waals surface area contributed by atoms with Crippen LogP contribution in [-0.4, -0.2) is 15.8 Å². The van der Waals surface area contributed by atoms with Gasteiger partial charge in [0.15, 0.2) is 0 Å². The summed E-state index contributed by atoms with van der Waals surface area (Å²) in [6.45, 7) is 9.35. The van der Waals surface area contributed by atoms with E-state index in [4.69, 9.17) is 0 Å². The molecule has 0 spiro atoms. The minimum Gasteiger partial charge on any atom is -0.310 e. The molecule has 3 nitrogen and oxygen atoms in total. The van der Waals surface area contributed by atoms with Gasteiger partial charge >= 0.3 is 0 Å². The molecule has 3 heteroatoms. The zero-order valence-electron chi connectivity index (χ0n) is 10.9. The predicted octanol–water partition coefficient (Wildman–Crippen LogP) is 3.04. The molecule has 1 heterocycles. The molecule has 94 valence electrons. The lowest BCUT2D eigenvalue weighted by molar-refractivity contribution is 0.206. The fraction of sp³-hybridized carbons (Fsp3) is 0.643. The van der Waals surface area contributed by atoms with Crippen LogP contribution in [0.1, 0.15) is 45.1 Å². The Labute approximate surface area is 104 Å².